The molecule has 0 spiro atoms. The molecule has 0 aliphatic rings. The van der Waals surface area contributed by atoms with Gasteiger partial charge in [-0.25, -0.2) is 0 Å². The lowest BCUT2D eigenvalue weighted by Crippen LogP contribution is -2.33. The lowest BCUT2D eigenvalue weighted by molar-refractivity contribution is 0.0899. The molecule has 1 aromatic rings. The highest BCUT2D eigenvalue weighted by atomic mass is 79.9. The molecule has 0 radical (unpaired) electrons. The zero-order valence-corrected chi connectivity index (χ0v) is 12.7. The predicted molar refractivity (Wildman–Crippen MR) is 75.8 cm³/mol. The van der Waals surface area contributed by atoms with Crippen molar-refractivity contribution in [3.63, 3.8) is 0 Å². The molecule has 18 heavy (non-hydrogen) atoms. The van der Waals surface area contributed by atoms with E-state index in [-0.39, 0.29) is 11.9 Å². The number of rotatable bonds is 6. The van der Waals surface area contributed by atoms with Gasteiger partial charge >= 0.3 is 0 Å². The van der Waals surface area contributed by atoms with E-state index < -0.39 is 6.10 Å². The fourth-order valence-electron chi connectivity index (χ4n) is 1.79. The first-order chi connectivity index (χ1) is 8.45. The van der Waals surface area contributed by atoms with Gasteiger partial charge in [0.2, 0.25) is 0 Å². The van der Waals surface area contributed by atoms with Gasteiger partial charge in [-0.2, -0.15) is 0 Å². The minimum absolute atomic E-state index is 0.149. The Morgan fingerprint density at radius 1 is 1.56 bits per heavy atom. The van der Waals surface area contributed by atoms with Crippen LogP contribution in [0.1, 0.15) is 50.1 Å². The molecule has 1 amide bonds. The number of hydrogen-bond acceptors (Lipinski definition) is 2. The third kappa shape index (κ3) is 4.14. The van der Waals surface area contributed by atoms with Gasteiger partial charge in [0.25, 0.3) is 5.91 Å². The summed E-state index contributed by atoms with van der Waals surface area (Å²) in [6.07, 6.45) is 3.03. The smallest absolute Gasteiger partial charge is 0.268 e. The summed E-state index contributed by atoms with van der Waals surface area (Å²) in [5.74, 6) is -0.149. The molecule has 4 nitrogen and oxygen atoms in total. The van der Waals surface area contributed by atoms with Crippen molar-refractivity contribution in [3.8, 4) is 0 Å². The molecule has 0 saturated carbocycles. The highest BCUT2D eigenvalue weighted by molar-refractivity contribution is 9.10. The second kappa shape index (κ2) is 6.95. The van der Waals surface area contributed by atoms with E-state index in [9.17, 15) is 9.90 Å². The number of aliphatic hydroxyl groups excluding tert-OH is 1. The molecular formula is C13H21BrN2O2. The molecule has 1 unspecified atom stereocenters. The Morgan fingerprint density at radius 2 is 2.22 bits per heavy atom. The van der Waals surface area contributed by atoms with Crippen molar-refractivity contribution in [1.29, 1.82) is 0 Å². The second-order valence-electron chi connectivity index (χ2n) is 4.70. The van der Waals surface area contributed by atoms with Gasteiger partial charge in [-0.1, -0.05) is 13.3 Å². The third-order valence-corrected chi connectivity index (χ3v) is 3.16. The van der Waals surface area contributed by atoms with Crippen molar-refractivity contribution in [2.45, 2.75) is 45.8 Å². The van der Waals surface area contributed by atoms with Crippen LogP contribution in [0.5, 0.6) is 0 Å². The molecule has 0 aliphatic heterocycles. The summed E-state index contributed by atoms with van der Waals surface area (Å²) >= 11 is 3.37. The van der Waals surface area contributed by atoms with E-state index in [2.05, 4.69) is 21.2 Å². The van der Waals surface area contributed by atoms with Gasteiger partial charge in [-0.15, -0.1) is 0 Å². The van der Waals surface area contributed by atoms with Crippen LogP contribution in [-0.4, -0.2) is 28.2 Å². The minimum Gasteiger partial charge on any atom is -0.391 e. The van der Waals surface area contributed by atoms with Gasteiger partial charge in [0.1, 0.15) is 5.69 Å². The molecule has 1 heterocycles. The molecule has 1 aromatic heterocycles. The van der Waals surface area contributed by atoms with Gasteiger partial charge in [0, 0.05) is 23.3 Å². The van der Waals surface area contributed by atoms with E-state index in [4.69, 9.17) is 0 Å². The van der Waals surface area contributed by atoms with Crippen molar-refractivity contribution in [3.05, 3.63) is 22.4 Å². The third-order valence-electron chi connectivity index (χ3n) is 2.72. The molecule has 102 valence electrons. The fourth-order valence-corrected chi connectivity index (χ4v) is 2.23. The van der Waals surface area contributed by atoms with Gasteiger partial charge in [0.05, 0.1) is 6.10 Å². The van der Waals surface area contributed by atoms with Crippen LogP contribution in [0.15, 0.2) is 16.7 Å². The maximum absolute atomic E-state index is 12.0. The molecule has 0 bridgehead atoms. The van der Waals surface area contributed by atoms with Crippen LogP contribution in [0.3, 0.4) is 0 Å². The van der Waals surface area contributed by atoms with E-state index >= 15 is 0 Å². The van der Waals surface area contributed by atoms with Gasteiger partial charge < -0.3 is 15.0 Å². The summed E-state index contributed by atoms with van der Waals surface area (Å²) in [6, 6.07) is 2.01. The summed E-state index contributed by atoms with van der Waals surface area (Å²) in [6.45, 7) is 6.35. The van der Waals surface area contributed by atoms with E-state index in [1.165, 1.54) is 0 Å². The fraction of sp³-hybridized carbons (Fsp3) is 0.615. The maximum Gasteiger partial charge on any atom is 0.268 e. The monoisotopic (exact) mass is 316 g/mol. The van der Waals surface area contributed by atoms with Crippen LogP contribution in [0, 0.1) is 0 Å². The molecule has 2 N–H and O–H groups in total. The summed E-state index contributed by atoms with van der Waals surface area (Å²) < 4.78 is 2.79. The second-order valence-corrected chi connectivity index (χ2v) is 5.61. The Bertz CT molecular complexity index is 402. The molecule has 1 atom stereocenters. The zero-order valence-electron chi connectivity index (χ0n) is 11.1. The number of nitrogens with one attached hydrogen (secondary N) is 1. The molecule has 0 aliphatic carbocycles. The average molecular weight is 317 g/mol. The molecule has 1 rings (SSSR count). The quantitative estimate of drug-likeness (QED) is 0.847. The first kappa shape index (κ1) is 15.2. The van der Waals surface area contributed by atoms with Crippen LogP contribution < -0.4 is 5.32 Å². The van der Waals surface area contributed by atoms with Gasteiger partial charge in [-0.05, 0) is 42.3 Å². The number of hydrogen-bond donors (Lipinski definition) is 2. The molecular weight excluding hydrogens is 296 g/mol. The number of nitrogens with zero attached hydrogens (tertiary/aromatic N) is 1. The molecule has 0 fully saturated rings. The average Bonchev–Trinajstić information content (AvgIpc) is 2.69. The summed E-state index contributed by atoms with van der Waals surface area (Å²) in [4.78, 5) is 12.0. The Morgan fingerprint density at radius 3 is 2.78 bits per heavy atom. The normalized spacial score (nSPS) is 12.8. The van der Waals surface area contributed by atoms with Crippen molar-refractivity contribution >= 4 is 21.8 Å². The van der Waals surface area contributed by atoms with Crippen LogP contribution in [0.2, 0.25) is 0 Å². The van der Waals surface area contributed by atoms with E-state index in [0.29, 0.717) is 18.7 Å². The Kier molecular flexibility index (Phi) is 5.88. The lowest BCUT2D eigenvalue weighted by atomic mass is 10.2. The van der Waals surface area contributed by atoms with Crippen LogP contribution in [0.25, 0.3) is 0 Å². The first-order valence-electron chi connectivity index (χ1n) is 6.29. The summed E-state index contributed by atoms with van der Waals surface area (Å²) in [7, 11) is 0. The van der Waals surface area contributed by atoms with Crippen LogP contribution in [0.4, 0.5) is 0 Å². The SMILES string of the molecule is CCCC(O)CNC(=O)c1cc(Br)cn1C(C)C. The van der Waals surface area contributed by atoms with Crippen LogP contribution >= 0.6 is 15.9 Å². The number of aromatic nitrogens is 1. The van der Waals surface area contributed by atoms with Crippen molar-refractivity contribution in [1.82, 2.24) is 9.88 Å². The Balaban J connectivity index is 2.66. The highest BCUT2D eigenvalue weighted by Crippen LogP contribution is 2.19. The van der Waals surface area contributed by atoms with E-state index in [0.717, 1.165) is 10.9 Å². The van der Waals surface area contributed by atoms with Crippen molar-refractivity contribution in [2.75, 3.05) is 6.54 Å². The molecule has 5 heteroatoms. The minimum atomic E-state index is -0.468. The summed E-state index contributed by atoms with van der Waals surface area (Å²) in [5.41, 5.74) is 0.612. The zero-order chi connectivity index (χ0) is 13.7. The van der Waals surface area contributed by atoms with Gasteiger partial charge in [-0.3, -0.25) is 4.79 Å². The molecule has 0 saturated heterocycles. The number of amides is 1. The Hall–Kier alpha value is -0.810. The van der Waals surface area contributed by atoms with Crippen molar-refractivity contribution in [2.24, 2.45) is 0 Å². The molecule has 0 aromatic carbocycles. The standard InChI is InChI=1S/C13H21BrN2O2/c1-4-5-11(17)7-15-13(18)12-6-10(14)8-16(12)9(2)3/h6,8-9,11,17H,4-5,7H2,1-3H3,(H,15,18). The van der Waals surface area contributed by atoms with E-state index in [1.807, 2.05) is 31.5 Å². The first-order valence-corrected chi connectivity index (χ1v) is 7.08. The largest absolute Gasteiger partial charge is 0.391 e. The maximum atomic E-state index is 12.0. The number of carbonyl (C=O) groups is 1. The Labute approximate surface area is 117 Å². The topological polar surface area (TPSA) is 54.3 Å². The van der Waals surface area contributed by atoms with Crippen molar-refractivity contribution < 1.29 is 9.90 Å². The van der Waals surface area contributed by atoms with Gasteiger partial charge in [0.15, 0.2) is 0 Å². The number of aliphatic hydroxyl groups is 1. The van der Waals surface area contributed by atoms with E-state index in [1.54, 1.807) is 6.07 Å². The number of halogens is 1. The predicted octanol–water partition coefficient (Wildman–Crippen LogP) is 2.72. The lowest BCUT2D eigenvalue weighted by Gasteiger charge is -2.14. The highest BCUT2D eigenvalue weighted by Gasteiger charge is 2.15. The number of carbonyl (C=O) groups excluding carboxylic acids is 1. The summed E-state index contributed by atoms with van der Waals surface area (Å²) in [5, 5.41) is 12.4. The van der Waals surface area contributed by atoms with Crippen LogP contribution in [-0.2, 0) is 0 Å².